The van der Waals surface area contributed by atoms with Gasteiger partial charge in [-0.15, -0.1) is 0 Å². The highest BCUT2D eigenvalue weighted by Gasteiger charge is 2.31. The van der Waals surface area contributed by atoms with Crippen LogP contribution in [-0.4, -0.2) is 55.2 Å². The van der Waals surface area contributed by atoms with Crippen molar-refractivity contribution in [2.75, 3.05) is 33.3 Å². The van der Waals surface area contributed by atoms with E-state index in [2.05, 4.69) is 10.2 Å². The van der Waals surface area contributed by atoms with Crippen LogP contribution in [0.3, 0.4) is 0 Å². The Kier molecular flexibility index (Phi) is 7.37. The van der Waals surface area contributed by atoms with Crippen molar-refractivity contribution >= 4 is 11.9 Å². The molecule has 0 radical (unpaired) electrons. The van der Waals surface area contributed by atoms with E-state index in [1.54, 1.807) is 7.11 Å². The molecule has 1 aromatic carbocycles. The number of fused-ring (bicyclic) bond motifs is 1. The van der Waals surface area contributed by atoms with Gasteiger partial charge < -0.3 is 24.8 Å². The lowest BCUT2D eigenvalue weighted by Crippen LogP contribution is -2.39. The molecule has 0 bridgehead atoms. The number of amides is 1. The van der Waals surface area contributed by atoms with Crippen LogP contribution in [0, 0.1) is 6.92 Å². The van der Waals surface area contributed by atoms with Crippen molar-refractivity contribution in [1.29, 1.82) is 0 Å². The number of phenolic OH excluding ortho intramolecular Hbond substituents is 1. The number of hydrogen-bond donors (Lipinski definition) is 2. The van der Waals surface area contributed by atoms with Crippen LogP contribution < -0.4 is 10.1 Å². The third-order valence-electron chi connectivity index (χ3n) is 5.97. The summed E-state index contributed by atoms with van der Waals surface area (Å²) in [6, 6.07) is 0. The minimum Gasteiger partial charge on any atom is -0.507 e. The third-order valence-corrected chi connectivity index (χ3v) is 5.97. The second-order valence-corrected chi connectivity index (χ2v) is 8.07. The zero-order valence-corrected chi connectivity index (χ0v) is 18.2. The van der Waals surface area contributed by atoms with E-state index in [9.17, 15) is 14.7 Å². The van der Waals surface area contributed by atoms with Gasteiger partial charge in [0.1, 0.15) is 23.7 Å². The largest absolute Gasteiger partial charge is 0.507 e. The standard InChI is InChI=1S/C23H32N2O5/c1-15(7-9-19(26)24-10-4-11-25-12-5-13-25)6-8-17-21(27)20-18(14-30-23(20)28)16(2)22(17)29-3/h6,27H,4-5,7-14H2,1-3H3,(H,24,26)/b15-6+. The molecule has 30 heavy (non-hydrogen) atoms. The Morgan fingerprint density at radius 1 is 1.33 bits per heavy atom. The number of carbonyl (C=O) groups excluding carboxylic acids is 2. The number of cyclic esters (lactones) is 1. The highest BCUT2D eigenvalue weighted by Crippen LogP contribution is 2.42. The summed E-state index contributed by atoms with van der Waals surface area (Å²) in [5.74, 6) is 0.0661. The maximum atomic E-state index is 12.0. The first-order valence-corrected chi connectivity index (χ1v) is 10.7. The highest BCUT2D eigenvalue weighted by atomic mass is 16.5. The second-order valence-electron chi connectivity index (χ2n) is 8.07. The van der Waals surface area contributed by atoms with E-state index in [0.29, 0.717) is 42.7 Å². The quantitative estimate of drug-likeness (QED) is 0.346. The summed E-state index contributed by atoms with van der Waals surface area (Å²) >= 11 is 0. The predicted molar refractivity (Wildman–Crippen MR) is 114 cm³/mol. The first-order valence-electron chi connectivity index (χ1n) is 10.7. The van der Waals surface area contributed by atoms with Gasteiger partial charge in [-0.05, 0) is 64.7 Å². The van der Waals surface area contributed by atoms with Crippen LogP contribution in [-0.2, 0) is 22.6 Å². The summed E-state index contributed by atoms with van der Waals surface area (Å²) in [5.41, 5.74) is 3.36. The zero-order valence-electron chi connectivity index (χ0n) is 18.2. The van der Waals surface area contributed by atoms with Crippen molar-refractivity contribution in [3.63, 3.8) is 0 Å². The number of benzene rings is 1. The maximum Gasteiger partial charge on any atom is 0.342 e. The fourth-order valence-corrected chi connectivity index (χ4v) is 3.94. The Hall–Kier alpha value is -2.54. The number of aromatic hydroxyl groups is 1. The van der Waals surface area contributed by atoms with E-state index in [1.165, 1.54) is 19.5 Å². The van der Waals surface area contributed by atoms with Gasteiger partial charge in [0.25, 0.3) is 0 Å². The molecule has 2 aliphatic rings. The van der Waals surface area contributed by atoms with Crippen LogP contribution in [0.4, 0.5) is 0 Å². The lowest BCUT2D eigenvalue weighted by atomic mass is 9.94. The summed E-state index contributed by atoms with van der Waals surface area (Å²) in [6.07, 6.45) is 5.74. The average Bonchev–Trinajstić information content (AvgIpc) is 3.08. The topological polar surface area (TPSA) is 88.1 Å². The molecule has 7 nitrogen and oxygen atoms in total. The SMILES string of the molecule is COc1c(C)c2c(c(O)c1C/C=C(\C)CCC(=O)NCCCN1CCC1)C(=O)OC2. The molecule has 0 saturated carbocycles. The van der Waals surface area contributed by atoms with E-state index in [-0.39, 0.29) is 23.8 Å². The number of esters is 1. The van der Waals surface area contributed by atoms with E-state index in [1.807, 2.05) is 19.9 Å². The fourth-order valence-electron chi connectivity index (χ4n) is 3.94. The molecule has 2 N–H and O–H groups in total. The van der Waals surface area contributed by atoms with Crippen molar-refractivity contribution in [3.05, 3.63) is 33.9 Å². The minimum atomic E-state index is -0.499. The number of carbonyl (C=O) groups is 2. The lowest BCUT2D eigenvalue weighted by Gasteiger charge is -2.30. The van der Waals surface area contributed by atoms with Crippen LogP contribution in [0.1, 0.15) is 59.7 Å². The number of methoxy groups -OCH3 is 1. The number of ether oxygens (including phenoxy) is 2. The number of nitrogens with one attached hydrogen (secondary N) is 1. The highest BCUT2D eigenvalue weighted by molar-refractivity contribution is 5.98. The summed E-state index contributed by atoms with van der Waals surface area (Å²) in [6.45, 7) is 8.13. The first-order chi connectivity index (χ1) is 14.4. The van der Waals surface area contributed by atoms with Gasteiger partial charge in [0.2, 0.25) is 5.91 Å². The number of hydrogen-bond acceptors (Lipinski definition) is 6. The van der Waals surface area contributed by atoms with E-state index in [0.717, 1.165) is 24.1 Å². The smallest absolute Gasteiger partial charge is 0.342 e. The molecule has 7 heteroatoms. The Labute approximate surface area is 178 Å². The number of rotatable bonds is 10. The third kappa shape index (κ3) is 4.95. The molecule has 1 fully saturated rings. The van der Waals surface area contributed by atoms with Crippen LogP contribution >= 0.6 is 0 Å². The maximum absolute atomic E-state index is 12.0. The van der Waals surface area contributed by atoms with Crippen LogP contribution in [0.25, 0.3) is 0 Å². The summed E-state index contributed by atoms with van der Waals surface area (Å²) < 4.78 is 10.6. The van der Waals surface area contributed by atoms with E-state index < -0.39 is 5.97 Å². The molecule has 2 heterocycles. The molecule has 0 aliphatic carbocycles. The van der Waals surface area contributed by atoms with Crippen LogP contribution in [0.5, 0.6) is 11.5 Å². The average molecular weight is 417 g/mol. The Balaban J connectivity index is 1.53. The molecule has 1 saturated heterocycles. The molecule has 0 unspecified atom stereocenters. The van der Waals surface area contributed by atoms with Gasteiger partial charge in [0.05, 0.1) is 7.11 Å². The molecule has 0 atom stereocenters. The zero-order chi connectivity index (χ0) is 21.7. The Morgan fingerprint density at radius 2 is 2.10 bits per heavy atom. The molecule has 2 aliphatic heterocycles. The van der Waals surface area contributed by atoms with Crippen molar-refractivity contribution in [2.45, 2.75) is 52.6 Å². The van der Waals surface area contributed by atoms with E-state index >= 15 is 0 Å². The van der Waals surface area contributed by atoms with Gasteiger partial charge >= 0.3 is 5.97 Å². The van der Waals surface area contributed by atoms with E-state index in [4.69, 9.17) is 9.47 Å². The van der Waals surface area contributed by atoms with Crippen molar-refractivity contribution in [2.24, 2.45) is 0 Å². The normalized spacial score (nSPS) is 16.1. The number of nitrogens with zero attached hydrogens (tertiary/aromatic N) is 1. The Bertz CT molecular complexity index is 843. The first kappa shape index (κ1) is 22.2. The van der Waals surface area contributed by atoms with Gasteiger partial charge in [0.15, 0.2) is 0 Å². The fraction of sp³-hybridized carbons (Fsp3) is 0.565. The monoisotopic (exact) mass is 416 g/mol. The van der Waals surface area contributed by atoms with Gasteiger partial charge in [0, 0.05) is 24.1 Å². The van der Waals surface area contributed by atoms with Crippen molar-refractivity contribution in [1.82, 2.24) is 10.2 Å². The molecule has 1 aromatic rings. The van der Waals surface area contributed by atoms with Gasteiger partial charge in [-0.25, -0.2) is 4.79 Å². The van der Waals surface area contributed by atoms with Crippen LogP contribution in [0.2, 0.25) is 0 Å². The van der Waals surface area contributed by atoms with Crippen LogP contribution in [0.15, 0.2) is 11.6 Å². The summed E-state index contributed by atoms with van der Waals surface area (Å²) in [4.78, 5) is 26.4. The molecule has 1 amide bonds. The lowest BCUT2D eigenvalue weighted by molar-refractivity contribution is -0.121. The van der Waals surface area contributed by atoms with Crippen molar-refractivity contribution < 1.29 is 24.2 Å². The number of likely N-dealkylation sites (tertiary alicyclic amines) is 1. The summed E-state index contributed by atoms with van der Waals surface area (Å²) in [7, 11) is 1.55. The molecule has 0 aromatic heterocycles. The summed E-state index contributed by atoms with van der Waals surface area (Å²) in [5, 5.41) is 13.6. The second kappa shape index (κ2) is 9.98. The van der Waals surface area contributed by atoms with Gasteiger partial charge in [-0.2, -0.15) is 0 Å². The predicted octanol–water partition coefficient (Wildman–Crippen LogP) is 2.86. The number of phenols is 1. The molecule has 164 valence electrons. The Morgan fingerprint density at radius 3 is 2.77 bits per heavy atom. The molecule has 3 rings (SSSR count). The molecular weight excluding hydrogens is 384 g/mol. The van der Waals surface area contributed by atoms with Gasteiger partial charge in [-0.3, -0.25) is 4.79 Å². The molecule has 0 spiro atoms. The molecular formula is C23H32N2O5. The number of allylic oxidation sites excluding steroid dienone is 2. The minimum absolute atomic E-state index is 0.0582. The van der Waals surface area contributed by atoms with Crippen molar-refractivity contribution in [3.8, 4) is 11.5 Å². The van der Waals surface area contributed by atoms with Gasteiger partial charge in [-0.1, -0.05) is 11.6 Å².